The van der Waals surface area contributed by atoms with Crippen LogP contribution in [0.5, 0.6) is 0 Å². The van der Waals surface area contributed by atoms with Crippen molar-refractivity contribution in [2.45, 2.75) is 32.4 Å². The van der Waals surface area contributed by atoms with Gasteiger partial charge in [-0.2, -0.15) is 0 Å². The highest BCUT2D eigenvalue weighted by Crippen LogP contribution is 2.20. The number of rotatable bonds is 6. The quantitative estimate of drug-likeness (QED) is 0.717. The monoisotopic (exact) mass is 381 g/mol. The molecule has 1 aliphatic heterocycles. The number of carbonyl (C=O) groups is 2. The Morgan fingerprint density at radius 3 is 2.79 bits per heavy atom. The Morgan fingerprint density at radius 1 is 1.18 bits per heavy atom. The molecule has 1 heterocycles. The largest absolute Gasteiger partial charge is 0.391 e. The molecule has 0 bridgehead atoms. The second kappa shape index (κ2) is 9.37. The number of aryl methyl sites for hydroxylation is 1. The van der Waals surface area contributed by atoms with E-state index in [0.29, 0.717) is 30.9 Å². The Morgan fingerprint density at radius 2 is 2.00 bits per heavy atom. The number of hydrogen-bond donors (Lipinski definition) is 3. The lowest BCUT2D eigenvalue weighted by atomic mass is 10.1. The van der Waals surface area contributed by atoms with Gasteiger partial charge in [-0.1, -0.05) is 42.0 Å². The van der Waals surface area contributed by atoms with Gasteiger partial charge in [-0.05, 0) is 37.5 Å². The van der Waals surface area contributed by atoms with Gasteiger partial charge in [0, 0.05) is 25.3 Å². The minimum absolute atomic E-state index is 0.0821. The summed E-state index contributed by atoms with van der Waals surface area (Å²) in [6, 6.07) is 15.2. The average Bonchev–Trinajstić information content (AvgIpc) is 2.70. The Labute approximate surface area is 165 Å². The predicted octanol–water partition coefficient (Wildman–Crippen LogP) is 2.32. The molecule has 2 aromatic carbocycles. The lowest BCUT2D eigenvalue weighted by molar-refractivity contribution is -0.119. The predicted molar refractivity (Wildman–Crippen MR) is 109 cm³/mol. The molecule has 2 amide bonds. The number of anilines is 1. The van der Waals surface area contributed by atoms with Crippen LogP contribution in [-0.4, -0.2) is 47.6 Å². The average molecular weight is 381 g/mol. The molecule has 0 aromatic heterocycles. The maximum atomic E-state index is 12.8. The molecule has 6 nitrogen and oxygen atoms in total. The molecule has 3 N–H and O–H groups in total. The molecule has 6 heteroatoms. The van der Waals surface area contributed by atoms with Crippen LogP contribution in [0.2, 0.25) is 0 Å². The van der Waals surface area contributed by atoms with E-state index in [1.165, 1.54) is 0 Å². The van der Waals surface area contributed by atoms with E-state index < -0.39 is 6.10 Å². The van der Waals surface area contributed by atoms with E-state index in [0.717, 1.165) is 24.0 Å². The highest BCUT2D eigenvalue weighted by atomic mass is 16.3. The molecule has 3 rings (SSSR count). The van der Waals surface area contributed by atoms with Gasteiger partial charge in [0.2, 0.25) is 5.91 Å². The van der Waals surface area contributed by atoms with E-state index >= 15 is 0 Å². The summed E-state index contributed by atoms with van der Waals surface area (Å²) in [5.41, 5.74) is 3.34. The molecule has 2 aromatic rings. The number of aliphatic hydroxyl groups is 1. The Hall–Kier alpha value is -2.86. The standard InChI is InChI=1S/C22H27N3O3/c1-16-6-4-7-17(12-16)13-24-21(27)14-23-20-10-3-2-9-19(20)22(28)25-11-5-8-18(26)15-25/h2-4,6-7,9-10,12,18,23,26H,5,8,11,13-15H2,1H3,(H,24,27). The number of piperidine rings is 1. The lowest BCUT2D eigenvalue weighted by Crippen LogP contribution is -2.42. The molecule has 1 unspecified atom stereocenters. The smallest absolute Gasteiger partial charge is 0.256 e. The van der Waals surface area contributed by atoms with Gasteiger partial charge in [0.15, 0.2) is 0 Å². The van der Waals surface area contributed by atoms with Crippen molar-refractivity contribution in [1.29, 1.82) is 0 Å². The first-order chi connectivity index (χ1) is 13.5. The van der Waals surface area contributed by atoms with Crippen LogP contribution in [0.3, 0.4) is 0 Å². The van der Waals surface area contributed by atoms with Crippen molar-refractivity contribution in [3.05, 3.63) is 65.2 Å². The van der Waals surface area contributed by atoms with Crippen LogP contribution >= 0.6 is 0 Å². The van der Waals surface area contributed by atoms with Crippen molar-refractivity contribution in [2.24, 2.45) is 0 Å². The third-order valence-electron chi connectivity index (χ3n) is 4.85. The zero-order valence-corrected chi connectivity index (χ0v) is 16.1. The first-order valence-corrected chi connectivity index (χ1v) is 9.65. The Balaban J connectivity index is 1.57. The van der Waals surface area contributed by atoms with Crippen LogP contribution in [0, 0.1) is 6.92 Å². The number of amides is 2. The summed E-state index contributed by atoms with van der Waals surface area (Å²) in [6.07, 6.45) is 1.06. The highest BCUT2D eigenvalue weighted by Gasteiger charge is 2.24. The van der Waals surface area contributed by atoms with Gasteiger partial charge in [0.1, 0.15) is 0 Å². The topological polar surface area (TPSA) is 81.7 Å². The normalized spacial score (nSPS) is 16.5. The fourth-order valence-electron chi connectivity index (χ4n) is 3.39. The van der Waals surface area contributed by atoms with Crippen LogP contribution in [0.25, 0.3) is 0 Å². The zero-order valence-electron chi connectivity index (χ0n) is 16.1. The summed E-state index contributed by atoms with van der Waals surface area (Å²) in [7, 11) is 0. The summed E-state index contributed by atoms with van der Waals surface area (Å²) in [5.74, 6) is -0.265. The van der Waals surface area contributed by atoms with Gasteiger partial charge in [0.25, 0.3) is 5.91 Å². The van der Waals surface area contributed by atoms with Crippen molar-refractivity contribution in [3.8, 4) is 0 Å². The first-order valence-electron chi connectivity index (χ1n) is 9.65. The van der Waals surface area contributed by atoms with Crippen molar-refractivity contribution < 1.29 is 14.7 Å². The van der Waals surface area contributed by atoms with Crippen LogP contribution in [0.4, 0.5) is 5.69 Å². The highest BCUT2D eigenvalue weighted by molar-refractivity contribution is 6.00. The Bertz CT molecular complexity index is 837. The SMILES string of the molecule is Cc1cccc(CNC(=O)CNc2ccccc2C(=O)N2CCCC(O)C2)c1. The van der Waals surface area contributed by atoms with Gasteiger partial charge in [-0.15, -0.1) is 0 Å². The molecule has 1 fully saturated rings. The molecule has 148 valence electrons. The van der Waals surface area contributed by atoms with Crippen LogP contribution in [-0.2, 0) is 11.3 Å². The fraction of sp³-hybridized carbons (Fsp3) is 0.364. The number of benzene rings is 2. The zero-order chi connectivity index (χ0) is 19.9. The molecule has 28 heavy (non-hydrogen) atoms. The third kappa shape index (κ3) is 5.33. The van der Waals surface area contributed by atoms with E-state index in [1.807, 2.05) is 37.3 Å². The van der Waals surface area contributed by atoms with Crippen LogP contribution in [0.1, 0.15) is 34.3 Å². The van der Waals surface area contributed by atoms with E-state index in [4.69, 9.17) is 0 Å². The minimum Gasteiger partial charge on any atom is -0.391 e. The first kappa shape index (κ1) is 19.9. The molecular weight excluding hydrogens is 354 g/mol. The van der Waals surface area contributed by atoms with E-state index in [1.54, 1.807) is 23.1 Å². The second-order valence-corrected chi connectivity index (χ2v) is 7.21. The van der Waals surface area contributed by atoms with Crippen LogP contribution < -0.4 is 10.6 Å². The van der Waals surface area contributed by atoms with Gasteiger partial charge in [-0.3, -0.25) is 9.59 Å². The number of hydrogen-bond acceptors (Lipinski definition) is 4. The van der Waals surface area contributed by atoms with E-state index in [9.17, 15) is 14.7 Å². The van der Waals surface area contributed by atoms with E-state index in [2.05, 4.69) is 10.6 Å². The summed E-state index contributed by atoms with van der Waals surface area (Å²) in [4.78, 5) is 26.7. The number of likely N-dealkylation sites (tertiary alicyclic amines) is 1. The fourth-order valence-corrected chi connectivity index (χ4v) is 3.39. The number of para-hydroxylation sites is 1. The van der Waals surface area contributed by atoms with Gasteiger partial charge in [0.05, 0.1) is 18.2 Å². The maximum absolute atomic E-state index is 12.8. The van der Waals surface area contributed by atoms with Crippen molar-refractivity contribution >= 4 is 17.5 Å². The number of carbonyl (C=O) groups excluding carboxylic acids is 2. The summed E-state index contributed by atoms with van der Waals surface area (Å²) < 4.78 is 0. The molecule has 1 aliphatic rings. The summed E-state index contributed by atoms with van der Waals surface area (Å²) >= 11 is 0. The molecular formula is C22H27N3O3. The van der Waals surface area contributed by atoms with Gasteiger partial charge in [-0.25, -0.2) is 0 Å². The Kier molecular flexibility index (Phi) is 6.66. The molecule has 0 saturated carbocycles. The molecule has 1 atom stereocenters. The number of β-amino-alcohol motifs (C(OH)–C–C–N with tert-alkyl or cyclic N) is 1. The number of nitrogens with one attached hydrogen (secondary N) is 2. The maximum Gasteiger partial charge on any atom is 0.256 e. The van der Waals surface area contributed by atoms with Gasteiger partial charge < -0.3 is 20.6 Å². The molecule has 0 aliphatic carbocycles. The van der Waals surface area contributed by atoms with Gasteiger partial charge >= 0.3 is 0 Å². The number of aliphatic hydroxyl groups excluding tert-OH is 1. The van der Waals surface area contributed by atoms with Crippen molar-refractivity contribution in [2.75, 3.05) is 25.0 Å². The molecule has 0 spiro atoms. The summed E-state index contributed by atoms with van der Waals surface area (Å²) in [6.45, 7) is 3.56. The van der Waals surface area contributed by atoms with Crippen molar-refractivity contribution in [1.82, 2.24) is 10.2 Å². The van der Waals surface area contributed by atoms with E-state index in [-0.39, 0.29) is 18.4 Å². The second-order valence-electron chi connectivity index (χ2n) is 7.21. The minimum atomic E-state index is -0.467. The summed E-state index contributed by atoms with van der Waals surface area (Å²) in [5, 5.41) is 15.8. The van der Waals surface area contributed by atoms with Crippen LogP contribution in [0.15, 0.2) is 48.5 Å². The lowest BCUT2D eigenvalue weighted by Gasteiger charge is -2.30. The number of nitrogens with zero attached hydrogens (tertiary/aromatic N) is 1. The molecule has 1 saturated heterocycles. The third-order valence-corrected chi connectivity index (χ3v) is 4.85. The van der Waals surface area contributed by atoms with Crippen molar-refractivity contribution in [3.63, 3.8) is 0 Å². The molecule has 0 radical (unpaired) electrons.